The van der Waals surface area contributed by atoms with E-state index in [1.165, 1.54) is 31.2 Å². The SMILES string of the molecule is CC(=O)c1ccc(Br)cc1.CC(C)CNN.CCO.CCOC(=O)C(=O)CC(=O)c1ccc(Br)cc1.CCOC(=O)C(C)=O.CCOC(=O)c1cc(-c2ccc(Br)cc2)[nH][n+]1CC(C)C.CCOC(=O)c1cc(-c2ccc(Br)cc2)n(CC(C)C)n1.CCOC(=O)c1cc(-c2ccc(Br)cc2)n(CC(C)C)n1.CS(=O)(=O)c1cccc(B(O)O)c1. The molecule has 652 valence electrons. The van der Waals surface area contributed by atoms with Crippen molar-refractivity contribution in [1.29, 1.82) is 0 Å². The van der Waals surface area contributed by atoms with Crippen molar-refractivity contribution >= 4 is 155 Å². The van der Waals surface area contributed by atoms with Gasteiger partial charge in [-0.15, -0.1) is 4.68 Å². The molecule has 3 heterocycles. The molecular weight excluding hydrogens is 1890 g/mol. The number of Topliss-reactive ketones (excluding diaryl/α,β-unsaturated/α-hetero) is 4. The van der Waals surface area contributed by atoms with Gasteiger partial charge in [0.1, 0.15) is 5.69 Å². The lowest BCUT2D eigenvalue weighted by atomic mass is 9.80. The van der Waals surface area contributed by atoms with E-state index in [2.05, 4.69) is 165 Å². The number of rotatable bonds is 27. The number of hydrogen-bond acceptors (Lipinski definition) is 23. The molecule has 0 aliphatic heterocycles. The van der Waals surface area contributed by atoms with Crippen LogP contribution in [0.5, 0.6) is 0 Å². The number of carbonyl (C=O) groups excluding carboxylic acids is 9. The first-order valence-electron chi connectivity index (χ1n) is 38.3. The molecule has 0 fully saturated rings. The Morgan fingerprint density at radius 2 is 0.883 bits per heavy atom. The van der Waals surface area contributed by atoms with Gasteiger partial charge in [-0.3, -0.25) is 39.8 Å². The van der Waals surface area contributed by atoms with Gasteiger partial charge in [-0.05, 0) is 168 Å². The second-order valence-electron chi connectivity index (χ2n) is 27.2. The Labute approximate surface area is 746 Å². The fraction of sp³-hybridized carbons (Fsp3) is 0.372. The lowest BCUT2D eigenvalue weighted by molar-refractivity contribution is -0.756. The molecular formula is C86H111BBr5N8O19S+. The first-order valence-corrected chi connectivity index (χ1v) is 44.1. The van der Waals surface area contributed by atoms with Crippen LogP contribution in [0.3, 0.4) is 0 Å². The van der Waals surface area contributed by atoms with Gasteiger partial charge in [0.15, 0.2) is 39.3 Å². The highest BCUT2D eigenvalue weighted by atomic mass is 79.9. The molecule has 34 heteroatoms. The van der Waals surface area contributed by atoms with E-state index in [4.69, 9.17) is 35.2 Å². The van der Waals surface area contributed by atoms with Crippen LogP contribution in [-0.4, -0.2) is 161 Å². The quantitative estimate of drug-likeness (QED) is 0.00320. The molecule has 7 N–H and O–H groups in total. The van der Waals surface area contributed by atoms with Crippen molar-refractivity contribution in [2.75, 3.05) is 52.4 Å². The minimum atomic E-state index is -3.28. The summed E-state index contributed by atoms with van der Waals surface area (Å²) in [5.41, 5.74) is 11.0. The Balaban J connectivity index is 0.000000701. The van der Waals surface area contributed by atoms with Crippen LogP contribution in [0.15, 0.2) is 191 Å². The number of nitrogens with one attached hydrogen (secondary N) is 2. The summed E-state index contributed by atoms with van der Waals surface area (Å²) < 4.78 is 56.6. The lowest BCUT2D eigenvalue weighted by Crippen LogP contribution is -2.43. The van der Waals surface area contributed by atoms with Gasteiger partial charge >= 0.3 is 42.7 Å². The van der Waals surface area contributed by atoms with E-state index < -0.39 is 52.7 Å². The number of halogens is 5. The molecule has 0 aliphatic rings. The Bertz CT molecular complexity index is 4640. The number of nitrogens with zero attached hydrogens (tertiary/aromatic N) is 5. The molecule has 9 rings (SSSR count). The molecule has 6 aromatic carbocycles. The number of aromatic nitrogens is 6. The second-order valence-corrected chi connectivity index (χ2v) is 33.7. The van der Waals surface area contributed by atoms with Crippen molar-refractivity contribution < 1.29 is 95.1 Å². The first kappa shape index (κ1) is 109. The van der Waals surface area contributed by atoms with Crippen LogP contribution in [0.4, 0.5) is 0 Å². The number of aliphatic hydroxyl groups excluding tert-OH is 1. The van der Waals surface area contributed by atoms with Gasteiger partial charge in [0, 0.05) is 90.5 Å². The lowest BCUT2D eigenvalue weighted by Gasteiger charge is -2.09. The van der Waals surface area contributed by atoms with E-state index in [1.807, 2.05) is 112 Å². The highest BCUT2D eigenvalue weighted by Crippen LogP contribution is 2.27. The van der Waals surface area contributed by atoms with Gasteiger partial charge < -0.3 is 38.8 Å². The van der Waals surface area contributed by atoms with Crippen LogP contribution >= 0.6 is 79.6 Å². The minimum Gasteiger partial charge on any atom is -0.461 e. The van der Waals surface area contributed by atoms with Crippen LogP contribution in [0.25, 0.3) is 33.8 Å². The number of ketones is 4. The predicted octanol–water partition coefficient (Wildman–Crippen LogP) is 15.7. The number of aromatic amines is 1. The molecule has 0 amide bonds. The topological polar surface area (TPSA) is 388 Å². The normalized spacial score (nSPS) is 10.3. The Morgan fingerprint density at radius 3 is 1.21 bits per heavy atom. The van der Waals surface area contributed by atoms with Crippen LogP contribution < -0.4 is 21.4 Å². The molecule has 0 spiro atoms. The third kappa shape index (κ3) is 43.6. The predicted molar refractivity (Wildman–Crippen MR) is 483 cm³/mol. The number of sulfone groups is 1. The second kappa shape index (κ2) is 59.0. The monoisotopic (exact) mass is 2000 g/mol. The smallest absolute Gasteiger partial charge is 0.461 e. The van der Waals surface area contributed by atoms with E-state index >= 15 is 0 Å². The summed E-state index contributed by atoms with van der Waals surface area (Å²) in [6.07, 6.45) is 0.607. The first-order chi connectivity index (χ1) is 56.5. The number of esters is 5. The van der Waals surface area contributed by atoms with Crippen molar-refractivity contribution in [3.63, 3.8) is 0 Å². The third-order valence-corrected chi connectivity index (χ3v) is 18.6. The molecule has 0 atom stereocenters. The van der Waals surface area contributed by atoms with E-state index in [0.29, 0.717) is 66.1 Å². The number of benzene rings is 6. The highest BCUT2D eigenvalue weighted by Gasteiger charge is 2.27. The standard InChI is InChI=1S/3C16H19BrN2O2.C12H11BrO4.C8H7BrO.C7H9BO4S.C5H8O3.C4H12N2.C2H6O/c2*1-4-21-16(20)14-9-15(19(18-14)10-11(2)3)12-5-7-13(17)8-6-12;1-4-21-16(20)15-9-14(18-19(15)10-11(2)3)12-5-7-13(17)8-6-12;1-2-17-12(16)11(15)7-10(14)8-3-5-9(13)6-4-8;1-6(10)7-2-4-8(9)5-3-7;1-13(11,12)7-4-2-3-6(5-7)8(9)10;1-3-8-5(7)4(2)6;1-4(2)3-6-5;1-2-3/h3*5-9,11H,4,10H2,1-3H3;3-6H,2,7H2,1H3;2-5H,1H3;2-5,9-10H,1H3;3H2,1-2H3;4,6H,3,5H2,1-2H3;3H,2H2,1H3/p+1. The van der Waals surface area contributed by atoms with E-state index in [9.17, 15) is 51.6 Å². The van der Waals surface area contributed by atoms with Gasteiger partial charge in [0.2, 0.25) is 11.6 Å². The molecule has 0 radical (unpaired) electrons. The fourth-order valence-electron chi connectivity index (χ4n) is 9.46. The Kier molecular flexibility index (Phi) is 53.7. The Hall–Kier alpha value is -8.81. The van der Waals surface area contributed by atoms with Crippen molar-refractivity contribution in [2.24, 2.45) is 29.5 Å². The third-order valence-electron chi connectivity index (χ3n) is 14.8. The zero-order valence-electron chi connectivity index (χ0n) is 70.7. The van der Waals surface area contributed by atoms with Crippen LogP contribution in [0.2, 0.25) is 0 Å². The number of aliphatic hydroxyl groups is 1. The number of carbonyl (C=O) groups is 9. The number of hydrogen-bond donors (Lipinski definition) is 6. The van der Waals surface area contributed by atoms with E-state index in [0.717, 1.165) is 94.1 Å². The summed E-state index contributed by atoms with van der Waals surface area (Å²) in [6, 6.07) is 48.8. The zero-order valence-corrected chi connectivity index (χ0v) is 79.5. The van der Waals surface area contributed by atoms with Gasteiger partial charge in [-0.25, -0.2) is 32.4 Å². The number of H-pyrrole nitrogens is 1. The zero-order chi connectivity index (χ0) is 90.9. The largest absolute Gasteiger partial charge is 0.488 e. The maximum atomic E-state index is 12.1. The summed E-state index contributed by atoms with van der Waals surface area (Å²) >= 11 is 16.8. The summed E-state index contributed by atoms with van der Waals surface area (Å²) in [6.45, 7) is 34.9. The highest BCUT2D eigenvalue weighted by molar-refractivity contribution is 9.11. The van der Waals surface area contributed by atoms with Crippen molar-refractivity contribution in [3.8, 4) is 33.8 Å². The summed E-state index contributed by atoms with van der Waals surface area (Å²) in [5.74, 6) is 2.53. The summed E-state index contributed by atoms with van der Waals surface area (Å²) in [5, 5.41) is 37.2. The molecule has 27 nitrogen and oxygen atoms in total. The molecule has 0 bridgehead atoms. The average Bonchev–Trinajstić information content (AvgIpc) is 1.67. The van der Waals surface area contributed by atoms with Crippen molar-refractivity contribution in [2.45, 2.75) is 142 Å². The number of hydrazine groups is 1. The van der Waals surface area contributed by atoms with Gasteiger partial charge in [-0.2, -0.15) is 15.3 Å². The molecule has 0 aliphatic carbocycles. The van der Waals surface area contributed by atoms with Crippen LogP contribution in [0.1, 0.15) is 169 Å². The van der Waals surface area contributed by atoms with Crippen LogP contribution in [0, 0.1) is 23.7 Å². The maximum Gasteiger partial charge on any atom is 0.488 e. The number of nitrogens with two attached hydrogens (primary N) is 1. The van der Waals surface area contributed by atoms with E-state index in [-0.39, 0.29) is 53.9 Å². The summed E-state index contributed by atoms with van der Waals surface area (Å²) in [4.78, 5) is 101. The summed E-state index contributed by atoms with van der Waals surface area (Å²) in [7, 11) is -4.92. The number of ether oxygens (including phenoxy) is 5. The Morgan fingerprint density at radius 1 is 0.508 bits per heavy atom. The van der Waals surface area contributed by atoms with Crippen LogP contribution in [-0.2, 0) is 72.3 Å². The van der Waals surface area contributed by atoms with Crippen molar-refractivity contribution in [3.05, 3.63) is 214 Å². The van der Waals surface area contributed by atoms with Gasteiger partial charge in [0.05, 0.1) is 55.7 Å². The fourth-order valence-corrected chi connectivity index (χ4v) is 11.5. The van der Waals surface area contributed by atoms with E-state index in [1.54, 1.807) is 90.1 Å². The molecule has 120 heavy (non-hydrogen) atoms. The minimum absolute atomic E-state index is 0.0816. The maximum absolute atomic E-state index is 12.1. The molecule has 0 unspecified atom stereocenters. The molecule has 3 aromatic heterocycles. The van der Waals surface area contributed by atoms with Crippen molar-refractivity contribution in [1.82, 2.24) is 30.1 Å². The molecule has 0 saturated heterocycles. The van der Waals surface area contributed by atoms with Gasteiger partial charge in [0.25, 0.3) is 0 Å². The average molecular weight is 2000 g/mol. The molecule has 9 aromatic rings. The molecule has 0 saturated carbocycles. The van der Waals surface area contributed by atoms with Gasteiger partial charge in [-0.1, -0.05) is 208 Å².